The second-order valence-corrected chi connectivity index (χ2v) is 14.6. The van der Waals surface area contributed by atoms with Gasteiger partial charge in [-0.25, -0.2) is 0 Å². The van der Waals surface area contributed by atoms with E-state index in [1.807, 2.05) is 11.3 Å². The van der Waals surface area contributed by atoms with Crippen LogP contribution in [-0.4, -0.2) is 0 Å². The monoisotopic (exact) mass is 622 g/mol. The summed E-state index contributed by atoms with van der Waals surface area (Å²) >= 11 is 1.88. The molecule has 0 bridgehead atoms. The van der Waals surface area contributed by atoms with E-state index in [1.54, 1.807) is 0 Å². The van der Waals surface area contributed by atoms with Gasteiger partial charge in [-0.3, -0.25) is 0 Å². The van der Waals surface area contributed by atoms with E-state index in [2.05, 4.69) is 158 Å². The van der Waals surface area contributed by atoms with Gasteiger partial charge in [0.2, 0.25) is 0 Å². The van der Waals surface area contributed by atoms with Gasteiger partial charge in [-0.05, 0) is 113 Å². The molecule has 0 fully saturated rings. The van der Waals surface area contributed by atoms with E-state index < -0.39 is 5.41 Å². The zero-order valence-electron chi connectivity index (χ0n) is 25.9. The van der Waals surface area contributed by atoms with Crippen molar-refractivity contribution in [3.8, 4) is 55.6 Å². The Balaban J connectivity index is 1.22. The van der Waals surface area contributed by atoms with Crippen LogP contribution in [0.4, 0.5) is 0 Å². The van der Waals surface area contributed by atoms with Gasteiger partial charge in [-0.15, -0.1) is 11.3 Å². The summed E-state index contributed by atoms with van der Waals surface area (Å²) in [6, 6.07) is 59.9. The molecule has 1 aromatic heterocycles. The van der Waals surface area contributed by atoms with Crippen molar-refractivity contribution in [1.82, 2.24) is 0 Å². The predicted octanol–water partition coefficient (Wildman–Crippen LogP) is 12.9. The quantitative estimate of drug-likeness (QED) is 0.171. The summed E-state index contributed by atoms with van der Waals surface area (Å²) < 4.78 is 2.68. The first-order valence-electron chi connectivity index (χ1n) is 16.8. The second-order valence-electron chi connectivity index (χ2n) is 13.5. The van der Waals surface area contributed by atoms with Crippen LogP contribution in [0.3, 0.4) is 0 Å². The summed E-state index contributed by atoms with van der Waals surface area (Å²) in [6.45, 7) is 0. The van der Waals surface area contributed by atoms with Gasteiger partial charge in [-0.2, -0.15) is 0 Å². The van der Waals surface area contributed by atoms with Gasteiger partial charge in [0, 0.05) is 20.2 Å². The minimum absolute atomic E-state index is 0.411. The Bertz CT molecular complexity index is 2900. The van der Waals surface area contributed by atoms with Crippen molar-refractivity contribution in [3.05, 3.63) is 180 Å². The van der Waals surface area contributed by atoms with Crippen LogP contribution in [0.2, 0.25) is 0 Å². The third kappa shape index (κ3) is 2.86. The molecule has 0 saturated carbocycles. The molecule has 0 N–H and O–H groups in total. The van der Waals surface area contributed by atoms with Crippen LogP contribution in [0.25, 0.3) is 86.6 Å². The standard InChI is InChI=1S/C47H26S/c1-2-12-30-29(11-1)32-17-9-18-35-44(32)37(30)26-41-46(35)34-15-4-7-20-39(34)47(41)38-19-6-3-14-33(38)45-28(16-10-21-40(45)47)27-23-24-43-36(25-27)31-13-5-8-22-42(31)48-43/h1-26H. The molecule has 8 aromatic carbocycles. The number of hydrogen-bond acceptors (Lipinski definition) is 1. The molecule has 1 unspecified atom stereocenters. The average Bonchev–Trinajstić information content (AvgIpc) is 3.86. The highest BCUT2D eigenvalue weighted by molar-refractivity contribution is 7.25. The molecule has 0 nitrogen and oxygen atoms in total. The molecule has 0 radical (unpaired) electrons. The normalized spacial score (nSPS) is 16.0. The molecule has 1 atom stereocenters. The molecular formula is C47H26S. The van der Waals surface area contributed by atoms with E-state index in [4.69, 9.17) is 0 Å². The number of thiophene rings is 1. The lowest BCUT2D eigenvalue weighted by atomic mass is 9.70. The molecule has 1 heteroatoms. The minimum atomic E-state index is -0.411. The molecular weight excluding hydrogens is 597 g/mol. The Labute approximate surface area is 282 Å². The Morgan fingerprint density at radius 3 is 1.75 bits per heavy atom. The highest BCUT2D eigenvalue weighted by Crippen LogP contribution is 2.66. The Morgan fingerprint density at radius 2 is 0.917 bits per heavy atom. The van der Waals surface area contributed by atoms with Crippen molar-refractivity contribution in [1.29, 1.82) is 0 Å². The second kappa shape index (κ2) is 8.77. The summed E-state index contributed by atoms with van der Waals surface area (Å²) in [7, 11) is 0. The fourth-order valence-corrected chi connectivity index (χ4v) is 10.8. The third-order valence-corrected chi connectivity index (χ3v) is 12.6. The van der Waals surface area contributed by atoms with Crippen LogP contribution < -0.4 is 0 Å². The van der Waals surface area contributed by atoms with Gasteiger partial charge in [-0.1, -0.05) is 133 Å². The van der Waals surface area contributed by atoms with Crippen LogP contribution in [-0.2, 0) is 5.41 Å². The van der Waals surface area contributed by atoms with Crippen LogP contribution >= 0.6 is 11.3 Å². The summed E-state index contributed by atoms with van der Waals surface area (Å²) in [5, 5.41) is 5.43. The molecule has 0 aliphatic heterocycles. The van der Waals surface area contributed by atoms with Crippen LogP contribution in [0.5, 0.6) is 0 Å². The fourth-order valence-electron chi connectivity index (χ4n) is 9.68. The smallest absolute Gasteiger partial charge is 0.0726 e. The highest BCUT2D eigenvalue weighted by atomic mass is 32.1. The first-order valence-corrected chi connectivity index (χ1v) is 17.6. The predicted molar refractivity (Wildman–Crippen MR) is 203 cm³/mol. The molecule has 3 aliphatic rings. The highest BCUT2D eigenvalue weighted by Gasteiger charge is 2.53. The maximum absolute atomic E-state index is 2.56. The molecule has 48 heavy (non-hydrogen) atoms. The van der Waals surface area contributed by atoms with E-state index in [1.165, 1.54) is 109 Å². The van der Waals surface area contributed by atoms with Gasteiger partial charge in [0.05, 0.1) is 5.41 Å². The van der Waals surface area contributed by atoms with E-state index in [9.17, 15) is 0 Å². The average molecular weight is 623 g/mol. The largest absolute Gasteiger partial charge is 0.135 e. The maximum Gasteiger partial charge on any atom is 0.0726 e. The molecule has 0 saturated heterocycles. The van der Waals surface area contributed by atoms with E-state index >= 15 is 0 Å². The number of rotatable bonds is 1. The molecule has 3 aliphatic carbocycles. The van der Waals surface area contributed by atoms with Crippen molar-refractivity contribution in [2.45, 2.75) is 5.41 Å². The first kappa shape index (κ1) is 25.3. The summed E-state index contributed by atoms with van der Waals surface area (Å²) in [6.07, 6.45) is 0. The van der Waals surface area contributed by atoms with Crippen molar-refractivity contribution in [3.63, 3.8) is 0 Å². The lowest BCUT2D eigenvalue weighted by Crippen LogP contribution is -2.26. The molecule has 0 amide bonds. The topological polar surface area (TPSA) is 0 Å². The van der Waals surface area contributed by atoms with E-state index in [0.717, 1.165) is 0 Å². The molecule has 1 heterocycles. The number of hydrogen-bond donors (Lipinski definition) is 0. The van der Waals surface area contributed by atoms with Gasteiger partial charge < -0.3 is 0 Å². The van der Waals surface area contributed by atoms with Gasteiger partial charge in [0.1, 0.15) is 0 Å². The van der Waals surface area contributed by atoms with Crippen LogP contribution in [0, 0.1) is 0 Å². The summed E-state index contributed by atoms with van der Waals surface area (Å²) in [5.74, 6) is 0. The van der Waals surface area contributed by atoms with Crippen molar-refractivity contribution >= 4 is 42.3 Å². The minimum Gasteiger partial charge on any atom is -0.135 e. The molecule has 1 spiro atoms. The summed E-state index contributed by atoms with van der Waals surface area (Å²) in [4.78, 5) is 0. The van der Waals surface area contributed by atoms with Gasteiger partial charge >= 0.3 is 0 Å². The zero-order valence-corrected chi connectivity index (χ0v) is 26.7. The summed E-state index contributed by atoms with van der Waals surface area (Å²) in [5.41, 5.74) is 18.6. The van der Waals surface area contributed by atoms with Crippen molar-refractivity contribution < 1.29 is 0 Å². The van der Waals surface area contributed by atoms with Gasteiger partial charge in [0.25, 0.3) is 0 Å². The van der Waals surface area contributed by atoms with Gasteiger partial charge in [0.15, 0.2) is 0 Å². The third-order valence-electron chi connectivity index (χ3n) is 11.4. The maximum atomic E-state index is 2.56. The lowest BCUT2D eigenvalue weighted by Gasteiger charge is -2.31. The fraction of sp³-hybridized carbons (Fsp3) is 0.0213. The molecule has 9 aromatic rings. The Morgan fingerprint density at radius 1 is 0.333 bits per heavy atom. The molecule has 12 rings (SSSR count). The van der Waals surface area contributed by atoms with E-state index in [0.29, 0.717) is 0 Å². The SMILES string of the molecule is c1ccc2c(c1)-c1cccc3c4c(cc-2c13)C1(c2ccccc2-c2c(-c3ccc5sc6ccccc6c5c3)cccc21)c1ccccc1-4. The molecule has 220 valence electrons. The Hall–Kier alpha value is -5.76. The zero-order chi connectivity index (χ0) is 31.1. The Kier molecular flexibility index (Phi) is 4.63. The van der Waals surface area contributed by atoms with Crippen LogP contribution in [0.1, 0.15) is 22.3 Å². The lowest BCUT2D eigenvalue weighted by molar-refractivity contribution is 0.795. The first-order chi connectivity index (χ1) is 23.8. The van der Waals surface area contributed by atoms with Crippen molar-refractivity contribution in [2.75, 3.05) is 0 Å². The number of fused-ring (bicyclic) bond motifs is 17. The van der Waals surface area contributed by atoms with Crippen molar-refractivity contribution in [2.24, 2.45) is 0 Å². The van der Waals surface area contributed by atoms with Crippen LogP contribution in [0.15, 0.2) is 158 Å². The number of benzene rings is 8. The van der Waals surface area contributed by atoms with E-state index in [-0.39, 0.29) is 0 Å².